The Balaban J connectivity index is 2.25. The predicted molar refractivity (Wildman–Crippen MR) is 68.7 cm³/mol. The minimum absolute atomic E-state index is 0.167. The molecule has 1 aliphatic carbocycles. The van der Waals surface area contributed by atoms with E-state index < -0.39 is 5.97 Å². The summed E-state index contributed by atoms with van der Waals surface area (Å²) in [5.74, 6) is -0.110. The molecular formula is C13H19NO2S. The van der Waals surface area contributed by atoms with Crippen molar-refractivity contribution in [2.24, 2.45) is 0 Å². The van der Waals surface area contributed by atoms with E-state index >= 15 is 0 Å². The van der Waals surface area contributed by atoms with Gasteiger partial charge in [-0.05, 0) is 19.8 Å². The minimum Gasteiger partial charge on any atom is -0.481 e. The molecule has 2 rings (SSSR count). The van der Waals surface area contributed by atoms with Crippen molar-refractivity contribution in [2.45, 2.75) is 57.8 Å². The van der Waals surface area contributed by atoms with Crippen LogP contribution in [0.4, 0.5) is 0 Å². The fourth-order valence-corrected chi connectivity index (χ4v) is 3.67. The van der Waals surface area contributed by atoms with Gasteiger partial charge in [0.2, 0.25) is 0 Å². The third-order valence-corrected chi connectivity index (χ3v) is 5.16. The van der Waals surface area contributed by atoms with E-state index in [9.17, 15) is 4.79 Å². The lowest BCUT2D eigenvalue weighted by molar-refractivity contribution is -0.138. The van der Waals surface area contributed by atoms with Gasteiger partial charge in [-0.2, -0.15) is 0 Å². The molecule has 0 aromatic carbocycles. The average Bonchev–Trinajstić information content (AvgIpc) is 2.42. The topological polar surface area (TPSA) is 50.2 Å². The van der Waals surface area contributed by atoms with E-state index in [1.165, 1.54) is 24.3 Å². The zero-order valence-corrected chi connectivity index (χ0v) is 11.4. The molecule has 94 valence electrons. The summed E-state index contributed by atoms with van der Waals surface area (Å²) in [5, 5.41) is 10.2. The summed E-state index contributed by atoms with van der Waals surface area (Å²) in [4.78, 5) is 16.7. The van der Waals surface area contributed by atoms with Gasteiger partial charge in [0.25, 0.3) is 0 Å². The molecule has 0 unspecified atom stereocenters. The van der Waals surface area contributed by atoms with Gasteiger partial charge in [-0.1, -0.05) is 20.3 Å². The Labute approximate surface area is 106 Å². The Hall–Kier alpha value is -0.900. The summed E-state index contributed by atoms with van der Waals surface area (Å²) in [5.41, 5.74) is 0.707. The number of thiazole rings is 1. The first kappa shape index (κ1) is 12.6. The SMILES string of the molecule is Cc1nc(C2CCC2)sc1C(C)(C)CC(=O)O. The van der Waals surface area contributed by atoms with Gasteiger partial charge in [0.05, 0.1) is 17.1 Å². The fourth-order valence-electron chi connectivity index (χ4n) is 2.33. The van der Waals surface area contributed by atoms with Crippen molar-refractivity contribution < 1.29 is 9.90 Å². The van der Waals surface area contributed by atoms with Crippen molar-refractivity contribution in [3.8, 4) is 0 Å². The van der Waals surface area contributed by atoms with E-state index in [2.05, 4.69) is 4.98 Å². The molecule has 1 fully saturated rings. The number of carboxylic acid groups (broad SMARTS) is 1. The van der Waals surface area contributed by atoms with E-state index in [0.717, 1.165) is 10.6 Å². The molecule has 0 radical (unpaired) electrons. The van der Waals surface area contributed by atoms with E-state index in [-0.39, 0.29) is 11.8 Å². The van der Waals surface area contributed by atoms with Crippen LogP contribution in [-0.4, -0.2) is 16.1 Å². The van der Waals surface area contributed by atoms with Crippen LogP contribution >= 0.6 is 11.3 Å². The Morgan fingerprint density at radius 1 is 1.53 bits per heavy atom. The van der Waals surface area contributed by atoms with Gasteiger partial charge in [-0.3, -0.25) is 4.79 Å². The van der Waals surface area contributed by atoms with Crippen LogP contribution < -0.4 is 0 Å². The van der Waals surface area contributed by atoms with Crippen LogP contribution in [0.15, 0.2) is 0 Å². The number of carboxylic acids is 1. The second kappa shape index (κ2) is 4.41. The van der Waals surface area contributed by atoms with Gasteiger partial charge in [0.1, 0.15) is 0 Å². The normalized spacial score (nSPS) is 16.9. The molecule has 17 heavy (non-hydrogen) atoms. The first-order valence-corrected chi connectivity index (χ1v) is 6.91. The van der Waals surface area contributed by atoms with Crippen LogP contribution in [-0.2, 0) is 10.2 Å². The molecule has 0 spiro atoms. The lowest BCUT2D eigenvalue weighted by Gasteiger charge is -2.23. The third kappa shape index (κ3) is 2.51. The first-order chi connectivity index (χ1) is 7.90. The lowest BCUT2D eigenvalue weighted by Crippen LogP contribution is -2.21. The molecule has 1 aromatic rings. The number of hydrogen-bond acceptors (Lipinski definition) is 3. The largest absolute Gasteiger partial charge is 0.481 e. The quantitative estimate of drug-likeness (QED) is 0.893. The first-order valence-electron chi connectivity index (χ1n) is 6.10. The number of aromatic nitrogens is 1. The standard InChI is InChI=1S/C13H19NO2S/c1-8-11(13(2,3)7-10(15)16)17-12(14-8)9-5-4-6-9/h9H,4-7H2,1-3H3,(H,15,16). The Kier molecular flexibility index (Phi) is 3.25. The van der Waals surface area contributed by atoms with E-state index in [1.54, 1.807) is 11.3 Å². The molecular weight excluding hydrogens is 234 g/mol. The van der Waals surface area contributed by atoms with Gasteiger partial charge >= 0.3 is 5.97 Å². The van der Waals surface area contributed by atoms with E-state index in [0.29, 0.717) is 5.92 Å². The summed E-state index contributed by atoms with van der Waals surface area (Å²) < 4.78 is 0. The third-order valence-electron chi connectivity index (χ3n) is 3.48. The van der Waals surface area contributed by atoms with Crippen molar-refractivity contribution in [3.63, 3.8) is 0 Å². The maximum absolute atomic E-state index is 10.9. The monoisotopic (exact) mass is 253 g/mol. The average molecular weight is 253 g/mol. The number of rotatable bonds is 4. The van der Waals surface area contributed by atoms with Crippen molar-refractivity contribution in [1.82, 2.24) is 4.98 Å². The van der Waals surface area contributed by atoms with Crippen LogP contribution in [0.3, 0.4) is 0 Å². The Morgan fingerprint density at radius 3 is 2.65 bits per heavy atom. The molecule has 0 atom stereocenters. The zero-order valence-electron chi connectivity index (χ0n) is 10.6. The molecule has 1 aliphatic rings. The summed E-state index contributed by atoms with van der Waals surface area (Å²) in [7, 11) is 0. The van der Waals surface area contributed by atoms with Crippen LogP contribution in [0.1, 0.15) is 61.0 Å². The second-order valence-corrected chi connectivity index (χ2v) is 6.58. The fraction of sp³-hybridized carbons (Fsp3) is 0.692. The van der Waals surface area contributed by atoms with Gasteiger partial charge < -0.3 is 5.11 Å². The molecule has 1 N–H and O–H groups in total. The zero-order chi connectivity index (χ0) is 12.6. The van der Waals surface area contributed by atoms with Crippen LogP contribution in [0.25, 0.3) is 0 Å². The highest BCUT2D eigenvalue weighted by Crippen LogP contribution is 2.42. The molecule has 4 heteroatoms. The highest BCUT2D eigenvalue weighted by Gasteiger charge is 2.31. The maximum Gasteiger partial charge on any atom is 0.304 e. The molecule has 1 aromatic heterocycles. The van der Waals surface area contributed by atoms with Crippen molar-refractivity contribution in [1.29, 1.82) is 0 Å². The molecule has 0 aliphatic heterocycles. The smallest absolute Gasteiger partial charge is 0.304 e. The number of aryl methyl sites for hydroxylation is 1. The minimum atomic E-state index is -0.743. The van der Waals surface area contributed by atoms with Crippen LogP contribution in [0.2, 0.25) is 0 Å². The summed E-state index contributed by atoms with van der Waals surface area (Å²) in [6, 6.07) is 0. The molecule has 0 saturated heterocycles. The molecule has 0 bridgehead atoms. The molecule has 3 nitrogen and oxygen atoms in total. The van der Waals surface area contributed by atoms with Crippen molar-refractivity contribution in [2.75, 3.05) is 0 Å². The Bertz CT molecular complexity index is 433. The van der Waals surface area contributed by atoms with Gasteiger partial charge in [-0.25, -0.2) is 4.98 Å². The highest BCUT2D eigenvalue weighted by molar-refractivity contribution is 7.12. The van der Waals surface area contributed by atoms with E-state index in [4.69, 9.17) is 5.11 Å². The van der Waals surface area contributed by atoms with Gasteiger partial charge in [0.15, 0.2) is 0 Å². The number of nitrogens with zero attached hydrogens (tertiary/aromatic N) is 1. The molecule has 1 heterocycles. The van der Waals surface area contributed by atoms with Gasteiger partial charge in [0, 0.05) is 16.2 Å². The van der Waals surface area contributed by atoms with Crippen LogP contribution in [0.5, 0.6) is 0 Å². The number of aliphatic carboxylic acids is 1. The maximum atomic E-state index is 10.9. The second-order valence-electron chi connectivity index (χ2n) is 5.55. The van der Waals surface area contributed by atoms with Crippen molar-refractivity contribution in [3.05, 3.63) is 15.6 Å². The van der Waals surface area contributed by atoms with Crippen LogP contribution in [0, 0.1) is 6.92 Å². The highest BCUT2D eigenvalue weighted by atomic mass is 32.1. The number of hydrogen-bond donors (Lipinski definition) is 1. The molecule has 1 saturated carbocycles. The Morgan fingerprint density at radius 2 is 2.18 bits per heavy atom. The summed E-state index contributed by atoms with van der Waals surface area (Å²) in [6.45, 7) is 5.98. The van der Waals surface area contributed by atoms with Crippen molar-refractivity contribution >= 4 is 17.3 Å². The lowest BCUT2D eigenvalue weighted by atomic mass is 9.86. The van der Waals surface area contributed by atoms with E-state index in [1.807, 2.05) is 20.8 Å². The summed E-state index contributed by atoms with van der Waals surface area (Å²) >= 11 is 1.72. The predicted octanol–water partition coefficient (Wildman–Crippen LogP) is 3.47. The molecule has 0 amide bonds. The summed E-state index contributed by atoms with van der Waals surface area (Å²) in [6.07, 6.45) is 3.95. The van der Waals surface area contributed by atoms with Gasteiger partial charge in [-0.15, -0.1) is 11.3 Å². The number of carbonyl (C=O) groups is 1.